The molecule has 20 aromatic rings. The van der Waals surface area contributed by atoms with Crippen molar-refractivity contribution in [3.8, 4) is 44.5 Å². The summed E-state index contributed by atoms with van der Waals surface area (Å²) in [5.74, 6) is -5.48. The Morgan fingerprint density at radius 2 is 0.433 bits per heavy atom. The average molecular weight is 1580 g/mol. The topological polar surface area (TPSA) is 13.0 Å². The van der Waals surface area contributed by atoms with Crippen LogP contribution in [-0.2, 0) is 0 Å². The molecule has 12 heteroatoms. The number of rotatable bonds is 16. The Labute approximate surface area is 688 Å². The van der Waals surface area contributed by atoms with E-state index in [1.54, 1.807) is 0 Å². The van der Waals surface area contributed by atoms with Crippen molar-refractivity contribution in [1.82, 2.24) is 0 Å². The number of para-hydroxylation sites is 4. The second-order valence-corrected chi connectivity index (χ2v) is 30.4. The predicted molar refractivity (Wildman–Crippen MR) is 479 cm³/mol. The van der Waals surface area contributed by atoms with Gasteiger partial charge in [0.1, 0.15) is 23.3 Å². The molecule has 0 aliphatic carbocycles. The minimum absolute atomic E-state index is 0.217. The van der Waals surface area contributed by atoms with E-state index in [4.69, 9.17) is 0 Å². The minimum Gasteiger partial charge on any atom is -0.307 e. The van der Waals surface area contributed by atoms with Crippen LogP contribution in [0.15, 0.2) is 364 Å². The van der Waals surface area contributed by atoms with E-state index in [1.165, 1.54) is 24.3 Å². The molecule has 20 rings (SSSR count). The van der Waals surface area contributed by atoms with Gasteiger partial charge in [-0.3, -0.25) is 0 Å². The lowest BCUT2D eigenvalue weighted by Gasteiger charge is -2.31. The van der Waals surface area contributed by atoms with Crippen LogP contribution in [0.4, 0.5) is 103 Å². The number of hydrogen-bond acceptors (Lipinski definition) is 4. The van der Waals surface area contributed by atoms with Crippen molar-refractivity contribution in [3.63, 3.8) is 0 Å². The van der Waals surface area contributed by atoms with Crippen molar-refractivity contribution in [1.29, 1.82) is 0 Å². The van der Waals surface area contributed by atoms with Gasteiger partial charge < -0.3 is 19.6 Å². The van der Waals surface area contributed by atoms with Crippen molar-refractivity contribution in [2.75, 3.05) is 19.6 Å². The third kappa shape index (κ3) is 13.4. The normalized spacial score (nSPS) is 11.5. The van der Waals surface area contributed by atoms with Gasteiger partial charge in [-0.1, -0.05) is 254 Å². The lowest BCUT2D eigenvalue weighted by Crippen LogP contribution is -2.15. The number of hydrogen-bond donors (Lipinski definition) is 0. The molecule has 0 bridgehead atoms. The first kappa shape index (κ1) is 75.2. The summed E-state index contributed by atoms with van der Waals surface area (Å²) in [6.45, 7) is 7.78. The van der Waals surface area contributed by atoms with Gasteiger partial charge in [0.2, 0.25) is 0 Å². The van der Waals surface area contributed by atoms with E-state index in [1.807, 2.05) is 351 Å². The molecular weight excluding hydrogens is 1510 g/mol. The van der Waals surface area contributed by atoms with Gasteiger partial charge in [0, 0.05) is 90.8 Å². The minimum atomic E-state index is -0.701. The molecule has 120 heavy (non-hydrogen) atoms. The van der Waals surface area contributed by atoms with Crippen LogP contribution < -0.4 is 19.6 Å². The summed E-state index contributed by atoms with van der Waals surface area (Å²) in [5, 5.41) is 10.9. The summed E-state index contributed by atoms with van der Waals surface area (Å²) in [6, 6.07) is 110. The summed E-state index contributed by atoms with van der Waals surface area (Å²) < 4.78 is 128. The van der Waals surface area contributed by atoms with E-state index >= 15 is 35.1 Å². The summed E-state index contributed by atoms with van der Waals surface area (Å²) in [4.78, 5) is 7.50. The molecule has 0 fully saturated rings. The van der Waals surface area contributed by atoms with Crippen molar-refractivity contribution in [2.24, 2.45) is 0 Å². The second kappa shape index (κ2) is 31.0. The quantitative estimate of drug-likeness (QED) is 0.0706. The first-order valence-electron chi connectivity index (χ1n) is 39.5. The fourth-order valence-electron chi connectivity index (χ4n) is 17.6. The van der Waals surface area contributed by atoms with Gasteiger partial charge in [-0.15, -0.1) is 0 Å². The van der Waals surface area contributed by atoms with Crippen LogP contribution in [0.1, 0.15) is 22.3 Å². The van der Waals surface area contributed by atoms with Gasteiger partial charge in [-0.05, 0) is 201 Å². The smallest absolute Gasteiger partial charge is 0.150 e. The second-order valence-electron chi connectivity index (χ2n) is 30.4. The molecule has 0 atom stereocenters. The Hall–Kier alpha value is -14.9. The molecule has 0 saturated carbocycles. The SMILES string of the molecule is Cc1cccc(-c2cc(F)cc(F)c2N(c2ccccc2)c2ccc3ccc4c(N(c5ccccc5)c5c(F)cc(F)cc5-c5cccc(C)c5)ccc5ccc2c3c54)c1.Cc1ccccc1-c1cc(F)cc(F)c1N(c1ccccc1)c1ccc2ccc3c(N(c4ccccc4)c4c(F)cc(F)cc4-c4ccccc4C)ccc4ccc1c2c43. The third-order valence-electron chi connectivity index (χ3n) is 22.8. The predicted octanol–water partition coefficient (Wildman–Crippen LogP) is 32.1. The maximum absolute atomic E-state index is 16.7. The van der Waals surface area contributed by atoms with E-state index in [0.29, 0.717) is 90.0 Å². The zero-order valence-electron chi connectivity index (χ0n) is 65.5. The van der Waals surface area contributed by atoms with Crippen molar-refractivity contribution < 1.29 is 35.1 Å². The molecule has 0 radical (unpaired) electrons. The van der Waals surface area contributed by atoms with Crippen molar-refractivity contribution in [2.45, 2.75) is 27.7 Å². The highest BCUT2D eigenvalue weighted by Crippen LogP contribution is 2.55. The fraction of sp³-hybridized carbons (Fsp3) is 0.0370. The molecule has 0 spiro atoms. The molecule has 0 unspecified atom stereocenters. The molecule has 20 aromatic carbocycles. The lowest BCUT2D eigenvalue weighted by atomic mass is 9.91. The zero-order chi connectivity index (χ0) is 82.1. The van der Waals surface area contributed by atoms with Crippen LogP contribution in [-0.4, -0.2) is 0 Å². The summed E-state index contributed by atoms with van der Waals surface area (Å²) in [7, 11) is 0. The van der Waals surface area contributed by atoms with E-state index < -0.39 is 46.5 Å². The lowest BCUT2D eigenvalue weighted by molar-refractivity contribution is 0.584. The van der Waals surface area contributed by atoms with Crippen LogP contribution >= 0.6 is 0 Å². The van der Waals surface area contributed by atoms with E-state index in [9.17, 15) is 0 Å². The van der Waals surface area contributed by atoms with Crippen LogP contribution in [0.2, 0.25) is 0 Å². The Kier molecular flexibility index (Phi) is 19.4. The average Bonchev–Trinajstić information content (AvgIpc) is 0.719. The maximum atomic E-state index is 16.7. The highest BCUT2D eigenvalue weighted by atomic mass is 19.2. The summed E-state index contributed by atoms with van der Waals surface area (Å²) in [5.41, 5.74) is 14.6. The van der Waals surface area contributed by atoms with Gasteiger partial charge in [0.05, 0.1) is 45.5 Å². The number of anilines is 12. The first-order valence-corrected chi connectivity index (χ1v) is 39.5. The standard InChI is InChI=1S/2C54H36F4N2/c1-33-11-9-13-37(27-33)45-29-39(55)31-47(57)53(45)59(41-15-5-3-6-16-41)49-25-21-35-20-24-44-50(26-22-36-19-23-43(49)51(35)52(36)44)60(42-17-7-4-8-18-42)54-46(30-40(56)32-48(54)58)38-14-10-12-34(2)28-38;1-33-13-9-11-19-41(33)45-29-37(55)31-47(57)53(45)59(39-15-5-3-6-16-39)49-27-23-35-22-26-44-50(28-24-36-21-25-43(49)51(35)52(36)44)60(40-17-7-4-8-18-40)54-46(30-38(56)32-48(54)58)42-20-12-10-14-34(42)2/h2*3-32H,1-2H3. The highest BCUT2D eigenvalue weighted by molar-refractivity contribution is 6.30. The molecule has 0 amide bonds. The molecule has 0 saturated heterocycles. The van der Waals surface area contributed by atoms with E-state index in [0.717, 1.165) is 111 Å². The number of halogens is 8. The number of benzene rings is 20. The largest absolute Gasteiger partial charge is 0.307 e. The van der Waals surface area contributed by atoms with Crippen LogP contribution in [0, 0.1) is 74.2 Å². The third-order valence-corrected chi connectivity index (χ3v) is 22.8. The van der Waals surface area contributed by atoms with Gasteiger partial charge in [-0.2, -0.15) is 0 Å². The zero-order valence-corrected chi connectivity index (χ0v) is 65.5. The van der Waals surface area contributed by atoms with E-state index in [-0.39, 0.29) is 22.7 Å². The highest BCUT2D eigenvalue weighted by Gasteiger charge is 2.32. The van der Waals surface area contributed by atoms with Gasteiger partial charge in [-0.25, -0.2) is 35.1 Å². The van der Waals surface area contributed by atoms with E-state index in [2.05, 4.69) is 12.1 Å². The molecule has 4 nitrogen and oxygen atoms in total. The van der Waals surface area contributed by atoms with Crippen molar-refractivity contribution in [3.05, 3.63) is 433 Å². The van der Waals surface area contributed by atoms with Gasteiger partial charge in [0.15, 0.2) is 23.3 Å². The van der Waals surface area contributed by atoms with Crippen LogP contribution in [0.5, 0.6) is 0 Å². The van der Waals surface area contributed by atoms with Gasteiger partial charge >= 0.3 is 0 Å². The molecule has 0 N–H and O–H groups in total. The summed E-state index contributed by atoms with van der Waals surface area (Å²) >= 11 is 0. The Bertz CT molecular complexity index is 6910. The Morgan fingerprint density at radius 1 is 0.192 bits per heavy atom. The first-order chi connectivity index (χ1) is 58.5. The van der Waals surface area contributed by atoms with Crippen molar-refractivity contribution >= 4 is 133 Å². The van der Waals surface area contributed by atoms with Gasteiger partial charge in [0.25, 0.3) is 0 Å². The molecule has 580 valence electrons. The molecule has 0 heterocycles. The summed E-state index contributed by atoms with van der Waals surface area (Å²) in [6.07, 6.45) is 0. The number of nitrogens with zero attached hydrogens (tertiary/aromatic N) is 4. The fourth-order valence-corrected chi connectivity index (χ4v) is 17.6. The molecule has 0 aliphatic heterocycles. The number of aryl methyl sites for hydroxylation is 4. The Balaban J connectivity index is 0.000000159. The van der Waals surface area contributed by atoms with Crippen LogP contribution in [0.25, 0.3) is 109 Å². The Morgan fingerprint density at radius 3 is 0.700 bits per heavy atom. The molecular formula is C108H72F8N4. The molecule has 0 aliphatic rings. The monoisotopic (exact) mass is 1580 g/mol. The molecule has 0 aromatic heterocycles. The van der Waals surface area contributed by atoms with Crippen LogP contribution in [0.3, 0.4) is 0 Å². The maximum Gasteiger partial charge on any atom is 0.150 e.